The minimum absolute atomic E-state index is 0.0824. The smallest absolute Gasteiger partial charge is 0.261 e. The van der Waals surface area contributed by atoms with Gasteiger partial charge < -0.3 is 11.5 Å². The highest BCUT2D eigenvalue weighted by Gasteiger charge is 2.15. The second kappa shape index (κ2) is 5.45. The third-order valence-corrected chi connectivity index (χ3v) is 4.17. The maximum absolute atomic E-state index is 12.3. The molecule has 2 aromatic carbocycles. The van der Waals surface area contributed by atoms with Crippen LogP contribution in [0.5, 0.6) is 0 Å². The maximum atomic E-state index is 12.3. The Morgan fingerprint density at radius 2 is 1.71 bits per heavy atom. The van der Waals surface area contributed by atoms with Crippen molar-refractivity contribution in [1.29, 1.82) is 0 Å². The summed E-state index contributed by atoms with van der Waals surface area (Å²) in [6.07, 6.45) is 0. The summed E-state index contributed by atoms with van der Waals surface area (Å²) < 4.78 is 27.0. The summed E-state index contributed by atoms with van der Waals surface area (Å²) in [4.78, 5) is 11.0. The van der Waals surface area contributed by atoms with Crippen LogP contribution in [0.3, 0.4) is 0 Å². The van der Waals surface area contributed by atoms with Crippen LogP contribution in [0.1, 0.15) is 15.9 Å². The minimum Gasteiger partial charge on any atom is -0.399 e. The second-order valence-electron chi connectivity index (χ2n) is 4.63. The number of carbonyl (C=O) groups excluding carboxylic acids is 1. The van der Waals surface area contributed by atoms with Crippen LogP contribution >= 0.6 is 0 Å². The SMILES string of the molecule is Cc1cc(N)cc(S(=O)(=O)Nc2ccc(C(N)=O)cc2)c1. The molecular formula is C14H15N3O3S. The van der Waals surface area contributed by atoms with Gasteiger partial charge in [-0.15, -0.1) is 0 Å². The van der Waals surface area contributed by atoms with E-state index in [1.54, 1.807) is 13.0 Å². The highest BCUT2D eigenvalue weighted by molar-refractivity contribution is 7.92. The van der Waals surface area contributed by atoms with Crippen LogP contribution in [0.2, 0.25) is 0 Å². The summed E-state index contributed by atoms with van der Waals surface area (Å²) in [5.74, 6) is -0.573. The number of benzene rings is 2. The largest absolute Gasteiger partial charge is 0.399 e. The fraction of sp³-hybridized carbons (Fsp3) is 0.0714. The van der Waals surface area contributed by atoms with Crippen molar-refractivity contribution < 1.29 is 13.2 Å². The number of anilines is 2. The van der Waals surface area contributed by atoms with E-state index in [0.717, 1.165) is 5.56 Å². The summed E-state index contributed by atoms with van der Waals surface area (Å²) in [7, 11) is -3.74. The predicted molar refractivity (Wildman–Crippen MR) is 81.4 cm³/mol. The lowest BCUT2D eigenvalue weighted by atomic mass is 10.2. The number of rotatable bonds is 4. The molecule has 0 unspecified atom stereocenters. The second-order valence-corrected chi connectivity index (χ2v) is 6.31. The van der Waals surface area contributed by atoms with Crippen LogP contribution < -0.4 is 16.2 Å². The average molecular weight is 305 g/mol. The Balaban J connectivity index is 2.30. The van der Waals surface area contributed by atoms with Crippen molar-refractivity contribution in [2.75, 3.05) is 10.5 Å². The van der Waals surface area contributed by atoms with E-state index in [2.05, 4.69) is 4.72 Å². The number of hydrogen-bond donors (Lipinski definition) is 3. The molecule has 21 heavy (non-hydrogen) atoms. The minimum atomic E-state index is -3.74. The Hall–Kier alpha value is -2.54. The Kier molecular flexibility index (Phi) is 3.86. The quantitative estimate of drug-likeness (QED) is 0.742. The van der Waals surface area contributed by atoms with E-state index in [9.17, 15) is 13.2 Å². The molecule has 110 valence electrons. The summed E-state index contributed by atoms with van der Waals surface area (Å²) in [5.41, 5.74) is 12.5. The van der Waals surface area contributed by atoms with Crippen molar-refractivity contribution >= 4 is 27.3 Å². The number of amides is 1. The van der Waals surface area contributed by atoms with Crippen molar-refractivity contribution in [2.45, 2.75) is 11.8 Å². The molecule has 2 aromatic rings. The van der Waals surface area contributed by atoms with Crippen LogP contribution in [0.25, 0.3) is 0 Å². The van der Waals surface area contributed by atoms with E-state index in [-0.39, 0.29) is 4.90 Å². The van der Waals surface area contributed by atoms with Gasteiger partial charge in [-0.25, -0.2) is 8.42 Å². The van der Waals surface area contributed by atoms with E-state index in [4.69, 9.17) is 11.5 Å². The van der Waals surface area contributed by atoms with Gasteiger partial charge in [0.25, 0.3) is 10.0 Å². The topological polar surface area (TPSA) is 115 Å². The molecule has 0 aliphatic rings. The molecular weight excluding hydrogens is 290 g/mol. The van der Waals surface area contributed by atoms with E-state index >= 15 is 0 Å². The van der Waals surface area contributed by atoms with E-state index in [1.807, 2.05) is 0 Å². The molecule has 0 saturated carbocycles. The fourth-order valence-electron chi connectivity index (χ4n) is 1.85. The van der Waals surface area contributed by atoms with E-state index in [0.29, 0.717) is 16.9 Å². The number of nitrogens with two attached hydrogens (primary N) is 2. The zero-order valence-corrected chi connectivity index (χ0v) is 12.1. The molecule has 5 N–H and O–H groups in total. The summed E-state index contributed by atoms with van der Waals surface area (Å²) in [6, 6.07) is 10.4. The van der Waals surface area contributed by atoms with Crippen molar-refractivity contribution in [1.82, 2.24) is 0 Å². The molecule has 7 heteroatoms. The molecule has 2 rings (SSSR count). The molecule has 0 bridgehead atoms. The Bertz CT molecular complexity index is 763. The summed E-state index contributed by atoms with van der Waals surface area (Å²) in [5, 5.41) is 0. The van der Waals surface area contributed by atoms with Gasteiger partial charge in [-0.05, 0) is 55.0 Å². The average Bonchev–Trinajstić information content (AvgIpc) is 2.37. The van der Waals surface area contributed by atoms with Gasteiger partial charge in [-0.2, -0.15) is 0 Å². The number of nitrogens with one attached hydrogen (secondary N) is 1. The van der Waals surface area contributed by atoms with Gasteiger partial charge in [-0.1, -0.05) is 0 Å². The number of nitrogen functional groups attached to an aromatic ring is 1. The number of primary amides is 1. The molecule has 0 heterocycles. The molecule has 0 atom stereocenters. The molecule has 0 spiro atoms. The van der Waals surface area contributed by atoms with E-state index in [1.165, 1.54) is 36.4 Å². The number of carbonyl (C=O) groups is 1. The molecule has 1 amide bonds. The normalized spacial score (nSPS) is 11.1. The monoisotopic (exact) mass is 305 g/mol. The maximum Gasteiger partial charge on any atom is 0.261 e. The first-order valence-corrected chi connectivity index (χ1v) is 7.56. The molecule has 0 radical (unpaired) electrons. The van der Waals surface area contributed by atoms with Gasteiger partial charge in [0, 0.05) is 16.9 Å². The molecule has 0 aliphatic heterocycles. The van der Waals surface area contributed by atoms with E-state index < -0.39 is 15.9 Å². The lowest BCUT2D eigenvalue weighted by Crippen LogP contribution is -2.14. The van der Waals surface area contributed by atoms with Crippen molar-refractivity contribution in [3.63, 3.8) is 0 Å². The van der Waals surface area contributed by atoms with Crippen molar-refractivity contribution in [3.8, 4) is 0 Å². The van der Waals surface area contributed by atoms with Crippen LogP contribution in [0, 0.1) is 6.92 Å². The van der Waals surface area contributed by atoms with Crippen molar-refractivity contribution in [2.24, 2.45) is 5.73 Å². The highest BCUT2D eigenvalue weighted by Crippen LogP contribution is 2.20. The first-order chi connectivity index (χ1) is 9.78. The Morgan fingerprint density at radius 1 is 1.10 bits per heavy atom. The first kappa shape index (κ1) is 14.9. The number of aryl methyl sites for hydroxylation is 1. The van der Waals surface area contributed by atoms with Crippen LogP contribution in [0.15, 0.2) is 47.4 Å². The highest BCUT2D eigenvalue weighted by atomic mass is 32.2. The lowest BCUT2D eigenvalue weighted by Gasteiger charge is -2.10. The van der Waals surface area contributed by atoms with Gasteiger partial charge in [0.05, 0.1) is 4.90 Å². The molecule has 0 saturated heterocycles. The molecule has 0 fully saturated rings. The van der Waals surface area contributed by atoms with Crippen LogP contribution in [-0.2, 0) is 10.0 Å². The Labute approximate surface area is 122 Å². The lowest BCUT2D eigenvalue weighted by molar-refractivity contribution is 0.100. The first-order valence-electron chi connectivity index (χ1n) is 6.08. The summed E-state index contributed by atoms with van der Waals surface area (Å²) in [6.45, 7) is 1.76. The van der Waals surface area contributed by atoms with Gasteiger partial charge >= 0.3 is 0 Å². The molecule has 0 aliphatic carbocycles. The summed E-state index contributed by atoms with van der Waals surface area (Å²) >= 11 is 0. The predicted octanol–water partition coefficient (Wildman–Crippen LogP) is 1.48. The number of hydrogen-bond acceptors (Lipinski definition) is 4. The van der Waals surface area contributed by atoms with Crippen LogP contribution in [-0.4, -0.2) is 14.3 Å². The van der Waals surface area contributed by atoms with Gasteiger partial charge in [0.1, 0.15) is 0 Å². The van der Waals surface area contributed by atoms with Crippen molar-refractivity contribution in [3.05, 3.63) is 53.6 Å². The molecule has 0 aromatic heterocycles. The standard InChI is InChI=1S/C14H15N3O3S/c1-9-6-11(15)8-13(7-9)21(19,20)17-12-4-2-10(3-5-12)14(16)18/h2-8,17H,15H2,1H3,(H2,16,18). The zero-order chi connectivity index (χ0) is 15.6. The van der Waals surface area contributed by atoms with Gasteiger partial charge in [-0.3, -0.25) is 9.52 Å². The van der Waals surface area contributed by atoms with Gasteiger partial charge in [0.2, 0.25) is 5.91 Å². The third kappa shape index (κ3) is 3.51. The van der Waals surface area contributed by atoms with Crippen LogP contribution in [0.4, 0.5) is 11.4 Å². The zero-order valence-electron chi connectivity index (χ0n) is 11.3. The third-order valence-electron chi connectivity index (χ3n) is 2.81. The molecule has 6 nitrogen and oxygen atoms in total. The Morgan fingerprint density at radius 3 is 2.24 bits per heavy atom. The van der Waals surface area contributed by atoms with Gasteiger partial charge in [0.15, 0.2) is 0 Å². The fourth-order valence-corrected chi connectivity index (χ4v) is 3.04. The number of sulfonamides is 1.